The second-order valence-corrected chi connectivity index (χ2v) is 4.97. The molecular weight excluding hydrogens is 297 g/mol. The summed E-state index contributed by atoms with van der Waals surface area (Å²) in [6, 6.07) is 13.7. The Hall–Kier alpha value is -2.69. The first kappa shape index (κ1) is 16.7. The molecule has 2 rings (SSSR count). The molecule has 4 nitrogen and oxygen atoms in total. The van der Waals surface area contributed by atoms with E-state index >= 15 is 0 Å². The highest BCUT2D eigenvalue weighted by atomic mass is 19.1. The molecule has 1 atom stereocenters. The van der Waals surface area contributed by atoms with E-state index in [0.29, 0.717) is 6.42 Å². The fraction of sp³-hybridized carbons (Fsp3) is 0.222. The SMILES string of the molecule is CCOC(=O)C(Cc1ccccc1)NC(=O)c1ccc(F)cc1. The van der Waals surface area contributed by atoms with Gasteiger partial charge >= 0.3 is 5.97 Å². The molecule has 2 aromatic carbocycles. The zero-order valence-electron chi connectivity index (χ0n) is 12.8. The average molecular weight is 315 g/mol. The van der Waals surface area contributed by atoms with Crippen LogP contribution in [0.2, 0.25) is 0 Å². The molecule has 0 spiro atoms. The van der Waals surface area contributed by atoms with Gasteiger partial charge in [-0.05, 0) is 36.8 Å². The Labute approximate surface area is 134 Å². The number of rotatable bonds is 6. The molecule has 23 heavy (non-hydrogen) atoms. The highest BCUT2D eigenvalue weighted by Gasteiger charge is 2.23. The number of esters is 1. The first-order chi connectivity index (χ1) is 11.1. The van der Waals surface area contributed by atoms with E-state index < -0.39 is 23.7 Å². The molecule has 0 bridgehead atoms. The van der Waals surface area contributed by atoms with Crippen LogP contribution in [-0.2, 0) is 16.0 Å². The predicted octanol–water partition coefficient (Wildman–Crippen LogP) is 2.73. The number of carbonyl (C=O) groups excluding carboxylic acids is 2. The molecule has 120 valence electrons. The molecule has 0 radical (unpaired) electrons. The topological polar surface area (TPSA) is 55.4 Å². The molecule has 0 saturated carbocycles. The Kier molecular flexibility index (Phi) is 5.86. The van der Waals surface area contributed by atoms with Crippen molar-refractivity contribution in [1.29, 1.82) is 0 Å². The van der Waals surface area contributed by atoms with Crippen molar-refractivity contribution in [3.8, 4) is 0 Å². The standard InChI is InChI=1S/C18H18FNO3/c1-2-23-18(22)16(12-13-6-4-3-5-7-13)20-17(21)14-8-10-15(19)11-9-14/h3-11,16H,2,12H2,1H3,(H,20,21). The predicted molar refractivity (Wildman–Crippen MR) is 84.4 cm³/mol. The molecule has 0 aliphatic heterocycles. The Morgan fingerprint density at radius 1 is 1.09 bits per heavy atom. The van der Waals surface area contributed by atoms with Crippen molar-refractivity contribution in [1.82, 2.24) is 5.32 Å². The van der Waals surface area contributed by atoms with Crippen molar-refractivity contribution in [2.45, 2.75) is 19.4 Å². The maximum atomic E-state index is 12.9. The van der Waals surface area contributed by atoms with Gasteiger partial charge in [0.25, 0.3) is 5.91 Å². The van der Waals surface area contributed by atoms with Crippen LogP contribution in [0.3, 0.4) is 0 Å². The minimum atomic E-state index is -0.796. The van der Waals surface area contributed by atoms with Gasteiger partial charge in [-0.3, -0.25) is 4.79 Å². The number of benzene rings is 2. The van der Waals surface area contributed by atoms with Crippen LogP contribution in [0, 0.1) is 5.82 Å². The lowest BCUT2D eigenvalue weighted by Crippen LogP contribution is -2.43. The van der Waals surface area contributed by atoms with Gasteiger partial charge in [0.15, 0.2) is 0 Å². The van der Waals surface area contributed by atoms with Crippen LogP contribution >= 0.6 is 0 Å². The number of halogens is 1. The summed E-state index contributed by atoms with van der Waals surface area (Å²) in [5.41, 5.74) is 1.19. The van der Waals surface area contributed by atoms with Gasteiger partial charge in [0.05, 0.1) is 6.61 Å². The van der Waals surface area contributed by atoms with Crippen molar-refractivity contribution >= 4 is 11.9 Å². The number of hydrogen-bond acceptors (Lipinski definition) is 3. The fourth-order valence-electron chi connectivity index (χ4n) is 2.13. The van der Waals surface area contributed by atoms with E-state index in [1.165, 1.54) is 24.3 Å². The van der Waals surface area contributed by atoms with Gasteiger partial charge in [0, 0.05) is 12.0 Å². The van der Waals surface area contributed by atoms with Gasteiger partial charge < -0.3 is 10.1 Å². The maximum Gasteiger partial charge on any atom is 0.328 e. The first-order valence-electron chi connectivity index (χ1n) is 7.37. The van der Waals surface area contributed by atoms with Crippen LogP contribution in [0.25, 0.3) is 0 Å². The van der Waals surface area contributed by atoms with Gasteiger partial charge in [-0.1, -0.05) is 30.3 Å². The molecule has 0 fully saturated rings. The number of nitrogens with one attached hydrogen (secondary N) is 1. The third-order valence-corrected chi connectivity index (χ3v) is 3.27. The minimum absolute atomic E-state index is 0.233. The second kappa shape index (κ2) is 8.08. The zero-order valence-corrected chi connectivity index (χ0v) is 12.8. The molecule has 0 heterocycles. The lowest BCUT2D eigenvalue weighted by atomic mass is 10.1. The molecule has 0 aliphatic carbocycles. The average Bonchev–Trinajstić information content (AvgIpc) is 2.56. The van der Waals surface area contributed by atoms with Crippen molar-refractivity contribution in [3.05, 3.63) is 71.5 Å². The lowest BCUT2D eigenvalue weighted by Gasteiger charge is -2.17. The molecule has 0 saturated heterocycles. The van der Waals surface area contributed by atoms with E-state index in [1.807, 2.05) is 30.3 Å². The normalized spacial score (nSPS) is 11.6. The Bertz CT molecular complexity index is 656. The highest BCUT2D eigenvalue weighted by Crippen LogP contribution is 2.07. The van der Waals surface area contributed by atoms with Crippen LogP contribution in [0.5, 0.6) is 0 Å². The van der Waals surface area contributed by atoms with Crippen LogP contribution < -0.4 is 5.32 Å². The molecule has 2 aromatic rings. The second-order valence-electron chi connectivity index (χ2n) is 4.97. The van der Waals surface area contributed by atoms with Gasteiger partial charge in [0.1, 0.15) is 11.9 Å². The third-order valence-electron chi connectivity index (χ3n) is 3.27. The van der Waals surface area contributed by atoms with Crippen molar-refractivity contribution in [2.24, 2.45) is 0 Å². The Balaban J connectivity index is 2.11. The minimum Gasteiger partial charge on any atom is -0.464 e. The van der Waals surface area contributed by atoms with E-state index in [0.717, 1.165) is 5.56 Å². The summed E-state index contributed by atoms with van der Waals surface area (Å²) in [6.07, 6.45) is 0.326. The smallest absolute Gasteiger partial charge is 0.328 e. The van der Waals surface area contributed by atoms with Crippen LogP contribution in [0.1, 0.15) is 22.8 Å². The van der Waals surface area contributed by atoms with Crippen molar-refractivity contribution in [3.63, 3.8) is 0 Å². The number of amides is 1. The third kappa shape index (κ3) is 4.92. The molecule has 5 heteroatoms. The fourth-order valence-corrected chi connectivity index (χ4v) is 2.13. The molecular formula is C18H18FNO3. The highest BCUT2D eigenvalue weighted by molar-refractivity contribution is 5.96. The number of hydrogen-bond donors (Lipinski definition) is 1. The molecule has 1 amide bonds. The summed E-state index contributed by atoms with van der Waals surface area (Å²) < 4.78 is 17.9. The van der Waals surface area contributed by atoms with Crippen LogP contribution in [-0.4, -0.2) is 24.5 Å². The van der Waals surface area contributed by atoms with Crippen molar-refractivity contribution in [2.75, 3.05) is 6.61 Å². The summed E-state index contributed by atoms with van der Waals surface area (Å²) in [4.78, 5) is 24.3. The summed E-state index contributed by atoms with van der Waals surface area (Å²) >= 11 is 0. The van der Waals surface area contributed by atoms with Gasteiger partial charge in [-0.15, -0.1) is 0 Å². The summed E-state index contributed by atoms with van der Waals surface area (Å²) in [6.45, 7) is 1.94. The molecule has 1 unspecified atom stereocenters. The van der Waals surface area contributed by atoms with E-state index in [-0.39, 0.29) is 12.2 Å². The number of ether oxygens (including phenoxy) is 1. The van der Waals surface area contributed by atoms with E-state index in [2.05, 4.69) is 5.32 Å². The monoisotopic (exact) mass is 315 g/mol. The lowest BCUT2D eigenvalue weighted by molar-refractivity contribution is -0.145. The largest absolute Gasteiger partial charge is 0.464 e. The van der Waals surface area contributed by atoms with E-state index in [9.17, 15) is 14.0 Å². The zero-order chi connectivity index (χ0) is 16.7. The quantitative estimate of drug-likeness (QED) is 0.834. The summed E-state index contributed by atoms with van der Waals surface area (Å²) in [7, 11) is 0. The van der Waals surface area contributed by atoms with Gasteiger partial charge in [-0.2, -0.15) is 0 Å². The van der Waals surface area contributed by atoms with Crippen LogP contribution in [0.4, 0.5) is 4.39 Å². The Morgan fingerprint density at radius 2 is 1.74 bits per heavy atom. The van der Waals surface area contributed by atoms with Crippen molar-refractivity contribution < 1.29 is 18.7 Å². The molecule has 0 aromatic heterocycles. The molecule has 0 aliphatic rings. The van der Waals surface area contributed by atoms with E-state index in [4.69, 9.17) is 4.74 Å². The number of carbonyl (C=O) groups is 2. The van der Waals surface area contributed by atoms with Gasteiger partial charge in [0.2, 0.25) is 0 Å². The summed E-state index contributed by atoms with van der Waals surface area (Å²) in [5.74, 6) is -1.36. The Morgan fingerprint density at radius 3 is 2.35 bits per heavy atom. The first-order valence-corrected chi connectivity index (χ1v) is 7.37. The summed E-state index contributed by atoms with van der Waals surface area (Å²) in [5, 5.41) is 2.65. The maximum absolute atomic E-state index is 12.9. The molecule has 1 N–H and O–H groups in total. The van der Waals surface area contributed by atoms with Gasteiger partial charge in [-0.25, -0.2) is 9.18 Å². The van der Waals surface area contributed by atoms with E-state index in [1.54, 1.807) is 6.92 Å². The van der Waals surface area contributed by atoms with Crippen LogP contribution in [0.15, 0.2) is 54.6 Å².